The Hall–Kier alpha value is -0.0800. The second kappa shape index (κ2) is 4.46. The van der Waals surface area contributed by atoms with Crippen LogP contribution in [0.25, 0.3) is 0 Å². The zero-order chi connectivity index (χ0) is 14.0. The highest BCUT2D eigenvalue weighted by atomic mass is 33.5. The number of fused-ring (bicyclic) bond motifs is 1. The Labute approximate surface area is 129 Å². The lowest BCUT2D eigenvalue weighted by molar-refractivity contribution is 0.260. The minimum atomic E-state index is -1.78. The van der Waals surface area contributed by atoms with Gasteiger partial charge in [-0.3, -0.25) is 5.32 Å². The van der Waals surface area contributed by atoms with Gasteiger partial charge in [0.25, 0.3) is 0 Å². The first-order valence-corrected chi connectivity index (χ1v) is 10.6. The molecule has 3 nitrogen and oxygen atoms in total. The van der Waals surface area contributed by atoms with Gasteiger partial charge in [-0.05, 0) is 42.9 Å². The molecule has 110 valence electrons. The van der Waals surface area contributed by atoms with E-state index in [-0.39, 0.29) is 12.1 Å². The fourth-order valence-corrected chi connectivity index (χ4v) is 6.14. The maximum absolute atomic E-state index is 13.4. The number of rotatable bonds is 2. The van der Waals surface area contributed by atoms with Crippen molar-refractivity contribution in [2.75, 3.05) is 5.32 Å². The first kappa shape index (κ1) is 13.6. The van der Waals surface area contributed by atoms with Crippen LogP contribution in [0, 0.1) is 11.2 Å². The molecule has 1 aromatic rings. The zero-order valence-electron chi connectivity index (χ0n) is 10.9. The number of benzene rings is 1. The third-order valence-corrected chi connectivity index (χ3v) is 8.07. The summed E-state index contributed by atoms with van der Waals surface area (Å²) in [5.41, 5.74) is 1.48. The summed E-state index contributed by atoms with van der Waals surface area (Å²) in [6, 6.07) is 5.32. The van der Waals surface area contributed by atoms with E-state index in [0.717, 1.165) is 10.6 Å². The van der Waals surface area contributed by atoms with E-state index in [1.165, 1.54) is 37.8 Å². The van der Waals surface area contributed by atoms with Crippen LogP contribution < -0.4 is 15.4 Å². The molecule has 0 radical (unpaired) electrons. The normalized spacial score (nSPS) is 33.8. The minimum absolute atomic E-state index is 0.0528. The summed E-state index contributed by atoms with van der Waals surface area (Å²) >= 11 is 9.23. The molecule has 0 amide bonds. The van der Waals surface area contributed by atoms with Crippen LogP contribution >= 0.6 is 31.6 Å². The van der Waals surface area contributed by atoms with Crippen LogP contribution in [0.5, 0.6) is 0 Å². The van der Waals surface area contributed by atoms with Crippen molar-refractivity contribution in [2.45, 2.75) is 42.9 Å². The molecule has 1 aliphatic heterocycles. The summed E-state index contributed by atoms with van der Waals surface area (Å²) in [7, 11) is -1.78. The van der Waals surface area contributed by atoms with Crippen LogP contribution in [0.3, 0.4) is 0 Å². The summed E-state index contributed by atoms with van der Waals surface area (Å²) in [6.45, 7) is 0. The standard InChI is InChI=1S/C13H18FN3S3/c14-8-2-3-9-10(6-8)20(18,19)17-12(15-9)16-11-7-13(11)4-1-5-13/h2-3,6,11-12,15-19H,1,4-5,7H2. The number of nitrogens with one attached hydrogen (secondary N) is 3. The predicted octanol–water partition coefficient (Wildman–Crippen LogP) is 3.42. The van der Waals surface area contributed by atoms with Gasteiger partial charge in [-0.15, -0.1) is 23.3 Å². The van der Waals surface area contributed by atoms with Crippen LogP contribution in [-0.4, -0.2) is 12.3 Å². The lowest BCUT2D eigenvalue weighted by Crippen LogP contribution is -2.52. The zero-order valence-corrected chi connectivity index (χ0v) is 13.5. The average Bonchev–Trinajstić information content (AvgIpc) is 3.04. The molecular weight excluding hydrogens is 313 g/mol. The number of halogens is 1. The molecule has 3 N–H and O–H groups in total. The van der Waals surface area contributed by atoms with Gasteiger partial charge in [0, 0.05) is 10.9 Å². The fourth-order valence-electron chi connectivity index (χ4n) is 3.31. The molecule has 2 saturated carbocycles. The first-order chi connectivity index (χ1) is 9.48. The Morgan fingerprint density at radius 3 is 2.80 bits per heavy atom. The van der Waals surface area contributed by atoms with Crippen LogP contribution in [0.2, 0.25) is 0 Å². The molecule has 2 atom stereocenters. The van der Waals surface area contributed by atoms with Crippen LogP contribution in [0.15, 0.2) is 23.1 Å². The van der Waals surface area contributed by atoms with E-state index < -0.39 is 8.28 Å². The molecule has 1 heterocycles. The van der Waals surface area contributed by atoms with Crippen molar-refractivity contribution in [1.82, 2.24) is 10.0 Å². The van der Waals surface area contributed by atoms with E-state index >= 15 is 0 Å². The molecule has 3 aliphatic rings. The smallest absolute Gasteiger partial charge is 0.141 e. The lowest BCUT2D eigenvalue weighted by Gasteiger charge is -2.42. The van der Waals surface area contributed by atoms with Gasteiger partial charge in [-0.1, -0.05) is 14.7 Å². The van der Waals surface area contributed by atoms with Gasteiger partial charge in [0.15, 0.2) is 0 Å². The second-order valence-electron chi connectivity index (χ2n) is 6.02. The quantitative estimate of drug-likeness (QED) is 0.426. The molecule has 1 spiro atoms. The van der Waals surface area contributed by atoms with Crippen LogP contribution in [0.1, 0.15) is 25.7 Å². The topological polar surface area (TPSA) is 36.1 Å². The van der Waals surface area contributed by atoms with Gasteiger partial charge in [0.1, 0.15) is 12.1 Å². The van der Waals surface area contributed by atoms with E-state index in [1.54, 1.807) is 6.07 Å². The number of hydrogen-bond acceptors (Lipinski definition) is 5. The van der Waals surface area contributed by atoms with Crippen LogP contribution in [0.4, 0.5) is 10.1 Å². The molecule has 7 heteroatoms. The summed E-state index contributed by atoms with van der Waals surface area (Å²) < 4.78 is 16.7. The van der Waals surface area contributed by atoms with Crippen molar-refractivity contribution >= 4 is 37.3 Å². The van der Waals surface area contributed by atoms with Gasteiger partial charge in [-0.2, -0.15) is 0 Å². The number of hydrogen-bond donors (Lipinski definition) is 5. The molecule has 0 aromatic heterocycles. The van der Waals surface area contributed by atoms with Gasteiger partial charge >= 0.3 is 0 Å². The molecule has 2 aliphatic carbocycles. The monoisotopic (exact) mass is 331 g/mol. The highest BCUT2D eigenvalue weighted by Gasteiger charge is 2.58. The Morgan fingerprint density at radius 1 is 1.35 bits per heavy atom. The molecule has 20 heavy (non-hydrogen) atoms. The summed E-state index contributed by atoms with van der Waals surface area (Å²) in [4.78, 5) is 0.802. The van der Waals surface area contributed by atoms with E-state index in [1.807, 2.05) is 0 Å². The van der Waals surface area contributed by atoms with Crippen molar-refractivity contribution < 1.29 is 4.39 Å². The molecule has 4 rings (SSSR count). The molecule has 1 aromatic carbocycles. The van der Waals surface area contributed by atoms with Gasteiger partial charge < -0.3 is 5.32 Å². The predicted molar refractivity (Wildman–Crippen MR) is 88.6 cm³/mol. The minimum Gasteiger partial charge on any atom is -0.356 e. The molecule has 2 fully saturated rings. The van der Waals surface area contributed by atoms with Crippen LogP contribution in [-0.2, 0) is 0 Å². The van der Waals surface area contributed by atoms with E-state index in [0.29, 0.717) is 11.5 Å². The highest BCUT2D eigenvalue weighted by Crippen LogP contribution is 2.65. The molecular formula is C13H18FN3S3. The van der Waals surface area contributed by atoms with Gasteiger partial charge in [-0.25, -0.2) is 9.11 Å². The maximum atomic E-state index is 13.4. The SMILES string of the molecule is Fc1ccc2c(c1)S(S)(S)NC(NC1CC13CCC3)N2. The number of thiol groups is 2. The van der Waals surface area contributed by atoms with Gasteiger partial charge in [0.05, 0.1) is 5.69 Å². The largest absolute Gasteiger partial charge is 0.356 e. The van der Waals surface area contributed by atoms with E-state index in [2.05, 4.69) is 38.7 Å². The van der Waals surface area contributed by atoms with Gasteiger partial charge in [0.2, 0.25) is 0 Å². The Kier molecular flexibility index (Phi) is 3.03. The van der Waals surface area contributed by atoms with E-state index in [4.69, 9.17) is 0 Å². The Morgan fingerprint density at radius 2 is 2.15 bits per heavy atom. The second-order valence-corrected chi connectivity index (χ2v) is 11.9. The maximum Gasteiger partial charge on any atom is 0.141 e. The average molecular weight is 332 g/mol. The van der Waals surface area contributed by atoms with Crippen molar-refractivity contribution in [1.29, 1.82) is 0 Å². The van der Waals surface area contributed by atoms with E-state index in [9.17, 15) is 4.39 Å². The summed E-state index contributed by atoms with van der Waals surface area (Å²) in [5.74, 6) is -0.255. The lowest BCUT2D eigenvalue weighted by atomic mass is 9.81. The van der Waals surface area contributed by atoms with Crippen molar-refractivity contribution in [3.05, 3.63) is 24.0 Å². The molecule has 0 bridgehead atoms. The fraction of sp³-hybridized carbons (Fsp3) is 0.538. The third kappa shape index (κ3) is 2.14. The Bertz CT molecular complexity index is 562. The Balaban J connectivity index is 1.53. The van der Waals surface area contributed by atoms with Crippen molar-refractivity contribution in [2.24, 2.45) is 5.41 Å². The highest BCUT2D eigenvalue weighted by molar-refractivity contribution is 9.17. The summed E-state index contributed by atoms with van der Waals surface area (Å²) in [5, 5.41) is 6.98. The van der Waals surface area contributed by atoms with Crippen molar-refractivity contribution in [3.63, 3.8) is 0 Å². The first-order valence-electron chi connectivity index (χ1n) is 6.86. The summed E-state index contributed by atoms with van der Waals surface area (Å²) in [6.07, 6.45) is 5.27. The third-order valence-electron chi connectivity index (χ3n) is 4.74. The molecule has 2 unspecified atom stereocenters. The number of anilines is 1. The van der Waals surface area contributed by atoms with Crippen molar-refractivity contribution in [3.8, 4) is 0 Å². The molecule has 0 saturated heterocycles.